The SMILES string of the molecule is C[C@]1(N)CN(OS(=O)(=O)O)C1=O. The van der Waals surface area contributed by atoms with Gasteiger partial charge in [0.1, 0.15) is 5.54 Å². The number of hydrogen-bond donors (Lipinski definition) is 2. The second kappa shape index (κ2) is 2.39. The van der Waals surface area contributed by atoms with Crippen LogP contribution in [0.4, 0.5) is 0 Å². The number of hydroxylamine groups is 2. The Labute approximate surface area is 69.0 Å². The molecule has 0 aromatic heterocycles. The molecule has 1 atom stereocenters. The summed E-state index contributed by atoms with van der Waals surface area (Å²) in [4.78, 5) is 10.9. The molecule has 1 fully saturated rings. The lowest BCUT2D eigenvalue weighted by Crippen LogP contribution is -2.69. The highest BCUT2D eigenvalue weighted by atomic mass is 32.3. The minimum absolute atomic E-state index is 0.0639. The molecule has 0 unspecified atom stereocenters. The predicted molar refractivity (Wildman–Crippen MR) is 36.9 cm³/mol. The van der Waals surface area contributed by atoms with Crippen molar-refractivity contribution in [3.8, 4) is 0 Å². The summed E-state index contributed by atoms with van der Waals surface area (Å²) < 4.78 is 32.2. The van der Waals surface area contributed by atoms with E-state index < -0.39 is 21.8 Å². The first-order chi connectivity index (χ1) is 5.22. The molecule has 1 rings (SSSR count). The monoisotopic (exact) mass is 196 g/mol. The maximum absolute atomic E-state index is 10.9. The van der Waals surface area contributed by atoms with Crippen LogP contribution in [-0.4, -0.2) is 36.0 Å². The zero-order valence-corrected chi connectivity index (χ0v) is 7.04. The molecule has 0 aromatic carbocycles. The molecule has 0 saturated carbocycles. The first-order valence-electron chi connectivity index (χ1n) is 3.00. The summed E-state index contributed by atoms with van der Waals surface area (Å²) in [5.74, 6) is -0.680. The fraction of sp³-hybridized carbons (Fsp3) is 0.750. The standard InChI is InChI=1S/C4H8N2O5S/c1-4(5)2-6(3(4)7)11-12(8,9)10/h2,5H2,1H3,(H,8,9,10)/t4-/m0/s1. The van der Waals surface area contributed by atoms with Crippen molar-refractivity contribution in [3.05, 3.63) is 0 Å². The molecule has 0 bridgehead atoms. The molecule has 7 nitrogen and oxygen atoms in total. The van der Waals surface area contributed by atoms with Crippen molar-refractivity contribution in [2.75, 3.05) is 6.54 Å². The quantitative estimate of drug-likeness (QED) is 0.401. The lowest BCUT2D eigenvalue weighted by molar-refractivity contribution is -0.189. The molecule has 70 valence electrons. The van der Waals surface area contributed by atoms with Crippen LogP contribution < -0.4 is 5.73 Å². The Morgan fingerprint density at radius 2 is 2.25 bits per heavy atom. The van der Waals surface area contributed by atoms with Gasteiger partial charge in [0.2, 0.25) is 0 Å². The van der Waals surface area contributed by atoms with Crippen LogP contribution in [0.15, 0.2) is 0 Å². The first kappa shape index (κ1) is 9.39. The molecule has 0 aromatic rings. The van der Waals surface area contributed by atoms with E-state index in [1.54, 1.807) is 0 Å². The maximum atomic E-state index is 10.9. The van der Waals surface area contributed by atoms with Crippen molar-refractivity contribution in [1.29, 1.82) is 0 Å². The third kappa shape index (κ3) is 1.72. The fourth-order valence-electron chi connectivity index (χ4n) is 0.805. The highest BCUT2D eigenvalue weighted by molar-refractivity contribution is 7.80. The number of nitrogens with two attached hydrogens (primary N) is 1. The van der Waals surface area contributed by atoms with E-state index in [1.807, 2.05) is 0 Å². The van der Waals surface area contributed by atoms with Gasteiger partial charge in [-0.3, -0.25) is 9.35 Å². The van der Waals surface area contributed by atoms with Crippen molar-refractivity contribution < 1.29 is 22.0 Å². The van der Waals surface area contributed by atoms with Gasteiger partial charge in [0.25, 0.3) is 5.91 Å². The summed E-state index contributed by atoms with van der Waals surface area (Å²) in [5.41, 5.74) is 4.23. The zero-order valence-electron chi connectivity index (χ0n) is 6.22. The van der Waals surface area contributed by atoms with Gasteiger partial charge < -0.3 is 5.73 Å². The molecule has 1 aliphatic rings. The largest absolute Gasteiger partial charge is 0.418 e. The third-order valence-electron chi connectivity index (χ3n) is 1.37. The number of amides is 1. The summed E-state index contributed by atoms with van der Waals surface area (Å²) in [7, 11) is -4.62. The highest BCUT2D eigenvalue weighted by Crippen LogP contribution is 2.20. The normalized spacial score (nSPS) is 30.2. The van der Waals surface area contributed by atoms with Gasteiger partial charge in [-0.05, 0) is 6.92 Å². The van der Waals surface area contributed by atoms with E-state index in [1.165, 1.54) is 6.92 Å². The van der Waals surface area contributed by atoms with Crippen molar-refractivity contribution in [2.24, 2.45) is 5.73 Å². The van der Waals surface area contributed by atoms with Gasteiger partial charge in [-0.2, -0.15) is 13.5 Å². The molecule has 0 spiro atoms. The van der Waals surface area contributed by atoms with Crippen molar-refractivity contribution in [1.82, 2.24) is 5.06 Å². The minimum Gasteiger partial charge on any atom is -0.316 e. The molecule has 12 heavy (non-hydrogen) atoms. The number of rotatable bonds is 2. The molecular formula is C4H8N2O5S. The van der Waals surface area contributed by atoms with E-state index in [-0.39, 0.29) is 6.54 Å². The lowest BCUT2D eigenvalue weighted by Gasteiger charge is -2.40. The maximum Gasteiger partial charge on any atom is 0.418 e. The molecule has 0 radical (unpaired) electrons. The zero-order chi connectivity index (χ0) is 9.57. The van der Waals surface area contributed by atoms with E-state index in [4.69, 9.17) is 10.3 Å². The Morgan fingerprint density at radius 3 is 2.50 bits per heavy atom. The molecule has 3 N–H and O–H groups in total. The lowest BCUT2D eigenvalue weighted by atomic mass is 9.95. The summed E-state index contributed by atoms with van der Waals surface area (Å²) in [6, 6.07) is 0. The molecular weight excluding hydrogens is 188 g/mol. The van der Waals surface area contributed by atoms with Gasteiger partial charge in [-0.1, -0.05) is 0 Å². The summed E-state index contributed by atoms with van der Waals surface area (Å²) in [6.45, 7) is 1.37. The van der Waals surface area contributed by atoms with Gasteiger partial charge in [-0.25, -0.2) is 0 Å². The summed E-state index contributed by atoms with van der Waals surface area (Å²) in [5, 5.41) is 0.481. The van der Waals surface area contributed by atoms with Crippen LogP contribution >= 0.6 is 0 Å². The third-order valence-corrected chi connectivity index (χ3v) is 1.74. The first-order valence-corrected chi connectivity index (χ1v) is 4.37. The van der Waals surface area contributed by atoms with Crippen molar-refractivity contribution >= 4 is 16.3 Å². The van der Waals surface area contributed by atoms with Gasteiger partial charge in [0.05, 0.1) is 6.54 Å². The molecule has 8 heteroatoms. The van der Waals surface area contributed by atoms with Crippen molar-refractivity contribution in [2.45, 2.75) is 12.5 Å². The van der Waals surface area contributed by atoms with Gasteiger partial charge in [0, 0.05) is 0 Å². The van der Waals surface area contributed by atoms with Crippen LogP contribution in [-0.2, 0) is 19.5 Å². The van der Waals surface area contributed by atoms with Crippen molar-refractivity contribution in [3.63, 3.8) is 0 Å². The summed E-state index contributed by atoms with van der Waals surface area (Å²) >= 11 is 0. The average molecular weight is 196 g/mol. The second-order valence-corrected chi connectivity index (χ2v) is 3.77. The van der Waals surface area contributed by atoms with E-state index in [2.05, 4.69) is 4.28 Å². The summed E-state index contributed by atoms with van der Waals surface area (Å²) in [6.07, 6.45) is 0. The Morgan fingerprint density at radius 1 is 1.75 bits per heavy atom. The number of carbonyl (C=O) groups is 1. The van der Waals surface area contributed by atoms with E-state index in [0.717, 1.165) is 0 Å². The minimum atomic E-state index is -4.62. The van der Waals surface area contributed by atoms with Gasteiger partial charge in [-0.15, -0.1) is 4.28 Å². The molecule has 1 saturated heterocycles. The number of hydrogen-bond acceptors (Lipinski definition) is 5. The Bertz CT molecular complexity index is 307. The Balaban J connectivity index is 2.58. The molecule has 1 heterocycles. The van der Waals surface area contributed by atoms with E-state index >= 15 is 0 Å². The fourth-order valence-corrected chi connectivity index (χ4v) is 1.15. The van der Waals surface area contributed by atoms with E-state index in [0.29, 0.717) is 5.06 Å². The highest BCUT2D eigenvalue weighted by Gasteiger charge is 2.48. The van der Waals surface area contributed by atoms with Crippen LogP contribution in [0.3, 0.4) is 0 Å². The number of β-lactam (4-membered cyclic amide) rings is 1. The Kier molecular flexibility index (Phi) is 1.87. The number of carbonyl (C=O) groups excluding carboxylic acids is 1. The predicted octanol–water partition coefficient (Wildman–Crippen LogP) is -1.72. The van der Waals surface area contributed by atoms with Crippen LogP contribution in [0.1, 0.15) is 6.92 Å². The smallest absolute Gasteiger partial charge is 0.316 e. The average Bonchev–Trinajstić information content (AvgIpc) is 1.83. The number of nitrogens with zero attached hydrogens (tertiary/aromatic N) is 1. The molecule has 0 aliphatic carbocycles. The molecule has 1 amide bonds. The van der Waals surface area contributed by atoms with E-state index in [9.17, 15) is 13.2 Å². The van der Waals surface area contributed by atoms with Gasteiger partial charge >= 0.3 is 10.4 Å². The van der Waals surface area contributed by atoms with Crippen LogP contribution in [0, 0.1) is 0 Å². The Hall–Kier alpha value is -0.700. The topological polar surface area (TPSA) is 110 Å². The van der Waals surface area contributed by atoms with Gasteiger partial charge in [0.15, 0.2) is 0 Å². The second-order valence-electron chi connectivity index (χ2n) is 2.76. The van der Waals surface area contributed by atoms with Crippen LogP contribution in [0.5, 0.6) is 0 Å². The molecule has 1 aliphatic heterocycles. The van der Waals surface area contributed by atoms with Crippen LogP contribution in [0.2, 0.25) is 0 Å². The van der Waals surface area contributed by atoms with Crippen LogP contribution in [0.25, 0.3) is 0 Å².